The summed E-state index contributed by atoms with van der Waals surface area (Å²) in [4.78, 5) is 8.90. The lowest BCUT2D eigenvalue weighted by molar-refractivity contribution is 0.672. The molecule has 0 aliphatic heterocycles. The first-order valence-electron chi connectivity index (χ1n) is 5.87. The summed E-state index contributed by atoms with van der Waals surface area (Å²) in [5.41, 5.74) is 1.83. The van der Waals surface area contributed by atoms with Gasteiger partial charge in [-0.2, -0.15) is 0 Å². The van der Waals surface area contributed by atoms with E-state index in [1.165, 1.54) is 0 Å². The zero-order valence-corrected chi connectivity index (χ0v) is 10.6. The van der Waals surface area contributed by atoms with Gasteiger partial charge in [0.25, 0.3) is 0 Å². The molecule has 1 heterocycles. The molecule has 1 atom stereocenters. The Morgan fingerprint density at radius 1 is 1.29 bits per heavy atom. The van der Waals surface area contributed by atoms with E-state index in [9.17, 15) is 0 Å². The van der Waals surface area contributed by atoms with Crippen LogP contribution in [-0.2, 0) is 0 Å². The third kappa shape index (κ3) is 3.07. The topological polar surface area (TPSA) is 37.8 Å². The van der Waals surface area contributed by atoms with E-state index in [0.717, 1.165) is 29.7 Å². The number of para-hydroxylation sites is 2. The van der Waals surface area contributed by atoms with Gasteiger partial charge in [-0.3, -0.25) is 4.98 Å². The van der Waals surface area contributed by atoms with Gasteiger partial charge in [-0.05, 0) is 25.0 Å². The van der Waals surface area contributed by atoms with Crippen LogP contribution in [0.3, 0.4) is 0 Å². The minimum Gasteiger partial charge on any atom is -0.366 e. The van der Waals surface area contributed by atoms with E-state index in [1.54, 1.807) is 6.20 Å². The molecule has 0 amide bonds. The lowest BCUT2D eigenvalue weighted by atomic mass is 10.2. The average Bonchev–Trinajstić information content (AvgIpc) is 2.38. The van der Waals surface area contributed by atoms with Crippen LogP contribution < -0.4 is 5.32 Å². The van der Waals surface area contributed by atoms with Gasteiger partial charge < -0.3 is 5.32 Å². The van der Waals surface area contributed by atoms with E-state index < -0.39 is 0 Å². The van der Waals surface area contributed by atoms with E-state index >= 15 is 0 Å². The van der Waals surface area contributed by atoms with Gasteiger partial charge in [-0.1, -0.05) is 19.1 Å². The highest BCUT2D eigenvalue weighted by Gasteiger charge is 2.06. The van der Waals surface area contributed by atoms with Crippen LogP contribution >= 0.6 is 11.6 Å². The average molecular weight is 250 g/mol. The molecule has 17 heavy (non-hydrogen) atoms. The molecule has 0 fully saturated rings. The molecule has 1 aromatic heterocycles. The molecular formula is C13H16ClN3. The highest BCUT2D eigenvalue weighted by atomic mass is 35.5. The van der Waals surface area contributed by atoms with Crippen LogP contribution in [0.25, 0.3) is 11.0 Å². The number of rotatable bonds is 5. The third-order valence-corrected chi connectivity index (χ3v) is 2.97. The van der Waals surface area contributed by atoms with E-state index in [4.69, 9.17) is 11.6 Å². The van der Waals surface area contributed by atoms with Gasteiger partial charge in [0.1, 0.15) is 5.82 Å². The van der Waals surface area contributed by atoms with Crippen molar-refractivity contribution in [1.82, 2.24) is 9.97 Å². The van der Waals surface area contributed by atoms with Crippen molar-refractivity contribution in [3.63, 3.8) is 0 Å². The number of nitrogens with zero attached hydrogens (tertiary/aromatic N) is 2. The second-order valence-corrected chi connectivity index (χ2v) is 4.35. The summed E-state index contributed by atoms with van der Waals surface area (Å²) in [6, 6.07) is 8.23. The third-order valence-electron chi connectivity index (χ3n) is 2.75. The number of benzene rings is 1. The second-order valence-electron chi connectivity index (χ2n) is 3.97. The zero-order valence-electron chi connectivity index (χ0n) is 9.86. The highest BCUT2D eigenvalue weighted by molar-refractivity contribution is 6.17. The van der Waals surface area contributed by atoms with Crippen LogP contribution in [-0.4, -0.2) is 21.9 Å². The molecule has 2 aromatic rings. The Bertz CT molecular complexity index is 487. The summed E-state index contributed by atoms with van der Waals surface area (Å²) in [5, 5.41) is 3.36. The molecule has 0 aliphatic carbocycles. The van der Waals surface area contributed by atoms with Gasteiger partial charge in [0.05, 0.1) is 17.2 Å². The summed E-state index contributed by atoms with van der Waals surface area (Å²) in [5.74, 6) is 1.48. The smallest absolute Gasteiger partial charge is 0.145 e. The predicted octanol–water partition coefficient (Wildman–Crippen LogP) is 3.45. The maximum atomic E-state index is 5.76. The molecule has 0 aliphatic rings. The van der Waals surface area contributed by atoms with Crippen LogP contribution in [0.15, 0.2) is 30.5 Å². The maximum absolute atomic E-state index is 5.76. The fourth-order valence-corrected chi connectivity index (χ4v) is 2.01. The number of anilines is 1. The van der Waals surface area contributed by atoms with Crippen molar-refractivity contribution >= 4 is 28.5 Å². The predicted molar refractivity (Wildman–Crippen MR) is 72.6 cm³/mol. The molecular weight excluding hydrogens is 234 g/mol. The number of fused-ring (bicyclic) bond motifs is 1. The molecule has 2 rings (SSSR count). The van der Waals surface area contributed by atoms with Crippen LogP contribution in [0.2, 0.25) is 0 Å². The van der Waals surface area contributed by atoms with Crippen molar-refractivity contribution in [2.24, 2.45) is 0 Å². The number of halogens is 1. The van der Waals surface area contributed by atoms with Gasteiger partial charge in [0, 0.05) is 11.9 Å². The Morgan fingerprint density at radius 2 is 2.06 bits per heavy atom. The minimum atomic E-state index is 0.364. The maximum Gasteiger partial charge on any atom is 0.145 e. The summed E-state index contributed by atoms with van der Waals surface area (Å²) in [6.45, 7) is 2.14. The fourth-order valence-electron chi connectivity index (χ4n) is 1.75. The second kappa shape index (κ2) is 5.82. The molecule has 0 bridgehead atoms. The van der Waals surface area contributed by atoms with Crippen molar-refractivity contribution in [2.75, 3.05) is 11.2 Å². The van der Waals surface area contributed by atoms with Gasteiger partial charge in [0.15, 0.2) is 0 Å². The molecule has 0 spiro atoms. The lowest BCUT2D eigenvalue weighted by Crippen LogP contribution is -2.19. The number of hydrogen-bond donors (Lipinski definition) is 1. The largest absolute Gasteiger partial charge is 0.366 e. The first-order valence-corrected chi connectivity index (χ1v) is 6.41. The molecule has 90 valence electrons. The Morgan fingerprint density at radius 3 is 2.76 bits per heavy atom. The first kappa shape index (κ1) is 12.1. The summed E-state index contributed by atoms with van der Waals surface area (Å²) < 4.78 is 0. The Labute approximate surface area is 106 Å². The van der Waals surface area contributed by atoms with Gasteiger partial charge >= 0.3 is 0 Å². The van der Waals surface area contributed by atoms with E-state index in [1.807, 2.05) is 24.3 Å². The lowest BCUT2D eigenvalue weighted by Gasteiger charge is -2.16. The molecule has 0 radical (unpaired) electrons. The summed E-state index contributed by atoms with van der Waals surface area (Å²) in [6.07, 6.45) is 3.74. The molecule has 3 nitrogen and oxygen atoms in total. The Hall–Kier alpha value is -1.35. The quantitative estimate of drug-likeness (QED) is 0.825. The molecule has 1 aromatic carbocycles. The number of hydrogen-bond acceptors (Lipinski definition) is 3. The molecule has 1 unspecified atom stereocenters. The van der Waals surface area contributed by atoms with Crippen LogP contribution in [0.5, 0.6) is 0 Å². The van der Waals surface area contributed by atoms with Crippen LogP contribution in [0, 0.1) is 0 Å². The molecule has 1 N–H and O–H groups in total. The first-order chi connectivity index (χ1) is 8.33. The molecule has 4 heteroatoms. The normalized spacial score (nSPS) is 12.6. The SMILES string of the molecule is CCC(CCCl)Nc1cnc2ccccc2n1. The molecule has 0 saturated carbocycles. The van der Waals surface area contributed by atoms with E-state index in [2.05, 4.69) is 22.2 Å². The summed E-state index contributed by atoms with van der Waals surface area (Å²) in [7, 11) is 0. The molecule has 0 saturated heterocycles. The standard InChI is InChI=1S/C13H16ClN3/c1-2-10(7-8-14)16-13-9-15-11-5-3-4-6-12(11)17-13/h3-6,9-10H,2,7-8H2,1H3,(H,16,17). The van der Waals surface area contributed by atoms with Crippen molar-refractivity contribution in [1.29, 1.82) is 0 Å². The monoisotopic (exact) mass is 249 g/mol. The van der Waals surface area contributed by atoms with Crippen molar-refractivity contribution < 1.29 is 0 Å². The van der Waals surface area contributed by atoms with E-state index in [-0.39, 0.29) is 0 Å². The number of alkyl halides is 1. The summed E-state index contributed by atoms with van der Waals surface area (Å²) >= 11 is 5.76. The van der Waals surface area contributed by atoms with Gasteiger partial charge in [-0.25, -0.2) is 4.98 Å². The fraction of sp³-hybridized carbons (Fsp3) is 0.385. The minimum absolute atomic E-state index is 0.364. The van der Waals surface area contributed by atoms with Crippen LogP contribution in [0.1, 0.15) is 19.8 Å². The van der Waals surface area contributed by atoms with Crippen molar-refractivity contribution in [3.8, 4) is 0 Å². The van der Waals surface area contributed by atoms with Crippen molar-refractivity contribution in [2.45, 2.75) is 25.8 Å². The Balaban J connectivity index is 2.18. The zero-order chi connectivity index (χ0) is 12.1. The number of nitrogens with one attached hydrogen (secondary N) is 1. The van der Waals surface area contributed by atoms with Gasteiger partial charge in [0.2, 0.25) is 0 Å². The Kier molecular flexibility index (Phi) is 4.15. The number of aromatic nitrogens is 2. The van der Waals surface area contributed by atoms with Crippen LogP contribution in [0.4, 0.5) is 5.82 Å². The van der Waals surface area contributed by atoms with E-state index in [0.29, 0.717) is 11.9 Å². The van der Waals surface area contributed by atoms with Gasteiger partial charge in [-0.15, -0.1) is 11.6 Å². The highest BCUT2D eigenvalue weighted by Crippen LogP contribution is 2.13. The van der Waals surface area contributed by atoms with Crippen molar-refractivity contribution in [3.05, 3.63) is 30.5 Å².